The van der Waals surface area contributed by atoms with Crippen LogP contribution in [0.25, 0.3) is 10.9 Å². The van der Waals surface area contributed by atoms with Crippen LogP contribution in [0, 0.1) is 13.8 Å². The van der Waals surface area contributed by atoms with Gasteiger partial charge in [-0.2, -0.15) is 0 Å². The predicted octanol–water partition coefficient (Wildman–Crippen LogP) is 2.92. The molecule has 0 atom stereocenters. The number of rotatable bonds is 3. The minimum Gasteiger partial charge on any atom is -0.452 e. The molecule has 0 radical (unpaired) electrons. The lowest BCUT2D eigenvalue weighted by molar-refractivity contribution is -0.125. The van der Waals surface area contributed by atoms with Crippen molar-refractivity contribution in [3.05, 3.63) is 41.1 Å². The van der Waals surface area contributed by atoms with Crippen molar-refractivity contribution in [2.45, 2.75) is 40.2 Å². The maximum atomic E-state index is 12.4. The number of benzene rings is 1. The van der Waals surface area contributed by atoms with Crippen molar-refractivity contribution in [3.8, 4) is 0 Å². The monoisotopic (exact) mass is 314 g/mol. The Labute approximate surface area is 136 Å². The van der Waals surface area contributed by atoms with E-state index in [9.17, 15) is 9.59 Å². The minimum absolute atomic E-state index is 0.304. The highest BCUT2D eigenvalue weighted by molar-refractivity contribution is 5.99. The Morgan fingerprint density at radius 1 is 1.17 bits per heavy atom. The van der Waals surface area contributed by atoms with Gasteiger partial charge in [0.2, 0.25) is 0 Å². The van der Waals surface area contributed by atoms with E-state index >= 15 is 0 Å². The highest BCUT2D eigenvalue weighted by Crippen LogP contribution is 2.23. The van der Waals surface area contributed by atoms with Crippen molar-refractivity contribution in [1.29, 1.82) is 0 Å². The van der Waals surface area contributed by atoms with Crippen molar-refractivity contribution in [1.82, 2.24) is 10.3 Å². The molecule has 1 aromatic heterocycles. The molecule has 23 heavy (non-hydrogen) atoms. The van der Waals surface area contributed by atoms with Crippen LogP contribution >= 0.6 is 0 Å². The lowest BCUT2D eigenvalue weighted by atomic mass is 10.0. The molecule has 2 aromatic rings. The van der Waals surface area contributed by atoms with Crippen LogP contribution in [0.3, 0.4) is 0 Å². The fourth-order valence-electron chi connectivity index (χ4n) is 2.49. The molecule has 1 aromatic carbocycles. The molecule has 0 aliphatic heterocycles. The summed E-state index contributed by atoms with van der Waals surface area (Å²) in [5, 5.41) is 3.66. The topological polar surface area (TPSA) is 68.3 Å². The molecule has 1 N–H and O–H groups in total. The van der Waals surface area contributed by atoms with Crippen molar-refractivity contribution in [2.75, 3.05) is 6.61 Å². The first-order valence-corrected chi connectivity index (χ1v) is 7.53. The smallest absolute Gasteiger partial charge is 0.340 e. The normalized spacial score (nSPS) is 11.3. The summed E-state index contributed by atoms with van der Waals surface area (Å²) in [5.74, 6) is -0.850. The number of amides is 1. The number of carbonyl (C=O) groups is 2. The number of pyridine rings is 1. The van der Waals surface area contributed by atoms with Crippen LogP contribution in [0.15, 0.2) is 24.3 Å². The maximum Gasteiger partial charge on any atom is 0.340 e. The van der Waals surface area contributed by atoms with E-state index in [1.807, 2.05) is 52.0 Å². The van der Waals surface area contributed by atoms with Crippen LogP contribution in [-0.4, -0.2) is 29.0 Å². The highest BCUT2D eigenvalue weighted by Gasteiger charge is 2.20. The molecular formula is C18H22N2O3. The van der Waals surface area contributed by atoms with Gasteiger partial charge in [-0.25, -0.2) is 4.79 Å². The molecule has 0 saturated heterocycles. The van der Waals surface area contributed by atoms with E-state index in [-0.39, 0.29) is 18.1 Å². The average Bonchev–Trinajstić information content (AvgIpc) is 2.43. The molecule has 0 fully saturated rings. The second-order valence-corrected chi connectivity index (χ2v) is 6.59. The number of hydrogen-bond donors (Lipinski definition) is 1. The fourth-order valence-corrected chi connectivity index (χ4v) is 2.49. The van der Waals surface area contributed by atoms with Gasteiger partial charge in [-0.3, -0.25) is 9.78 Å². The Kier molecular flexibility index (Phi) is 4.68. The largest absolute Gasteiger partial charge is 0.452 e. The van der Waals surface area contributed by atoms with Gasteiger partial charge in [-0.15, -0.1) is 0 Å². The third-order valence-electron chi connectivity index (χ3n) is 3.39. The summed E-state index contributed by atoms with van der Waals surface area (Å²) in [6.45, 7) is 8.94. The summed E-state index contributed by atoms with van der Waals surface area (Å²) in [5.41, 5.74) is 2.31. The lowest BCUT2D eigenvalue weighted by Gasteiger charge is -2.20. The zero-order chi connectivity index (χ0) is 17.2. The number of nitrogens with zero attached hydrogens (tertiary/aromatic N) is 1. The number of ether oxygens (including phenoxy) is 1. The third kappa shape index (κ3) is 4.06. The molecule has 1 heterocycles. The molecule has 1 amide bonds. The number of hydrogen-bond acceptors (Lipinski definition) is 4. The van der Waals surface area contributed by atoms with Crippen LogP contribution in [0.4, 0.5) is 0 Å². The van der Waals surface area contributed by atoms with E-state index < -0.39 is 5.97 Å². The number of aryl methyl sites for hydroxylation is 2. The second-order valence-electron chi connectivity index (χ2n) is 6.59. The van der Waals surface area contributed by atoms with E-state index in [0.717, 1.165) is 16.5 Å². The average molecular weight is 314 g/mol. The molecule has 122 valence electrons. The highest BCUT2D eigenvalue weighted by atomic mass is 16.5. The Morgan fingerprint density at radius 3 is 2.48 bits per heavy atom. The first-order chi connectivity index (χ1) is 10.7. The molecule has 5 heteroatoms. The van der Waals surface area contributed by atoms with Gasteiger partial charge in [-0.05, 0) is 46.2 Å². The summed E-state index contributed by atoms with van der Waals surface area (Å²) in [7, 11) is 0. The van der Waals surface area contributed by atoms with Crippen molar-refractivity contribution in [2.24, 2.45) is 0 Å². The summed E-state index contributed by atoms with van der Waals surface area (Å²) in [6, 6.07) is 7.63. The van der Waals surface area contributed by atoms with Crippen molar-refractivity contribution >= 4 is 22.8 Å². The quantitative estimate of drug-likeness (QED) is 0.885. The number of aromatic nitrogens is 1. The van der Waals surface area contributed by atoms with Crippen molar-refractivity contribution < 1.29 is 14.3 Å². The number of para-hydroxylation sites is 1. The Balaban J connectivity index is 2.20. The molecule has 5 nitrogen and oxygen atoms in total. The van der Waals surface area contributed by atoms with Gasteiger partial charge in [0.1, 0.15) is 0 Å². The minimum atomic E-state index is -0.526. The number of carbonyl (C=O) groups excluding carboxylic acids is 2. The Bertz CT molecular complexity index is 761. The van der Waals surface area contributed by atoms with E-state index in [4.69, 9.17) is 4.74 Å². The van der Waals surface area contributed by atoms with Gasteiger partial charge in [0.25, 0.3) is 5.91 Å². The van der Waals surface area contributed by atoms with E-state index in [0.29, 0.717) is 11.3 Å². The van der Waals surface area contributed by atoms with Gasteiger partial charge in [-0.1, -0.05) is 18.2 Å². The summed E-state index contributed by atoms with van der Waals surface area (Å²) in [6.07, 6.45) is 0. The van der Waals surface area contributed by atoms with Gasteiger partial charge >= 0.3 is 5.97 Å². The first-order valence-electron chi connectivity index (χ1n) is 7.53. The molecule has 2 rings (SSSR count). The van der Waals surface area contributed by atoms with E-state index in [1.165, 1.54) is 0 Å². The zero-order valence-electron chi connectivity index (χ0n) is 14.2. The predicted molar refractivity (Wildman–Crippen MR) is 89.4 cm³/mol. The molecular weight excluding hydrogens is 292 g/mol. The molecule has 0 aliphatic carbocycles. The number of esters is 1. The third-order valence-corrected chi connectivity index (χ3v) is 3.39. The van der Waals surface area contributed by atoms with Gasteiger partial charge in [0.05, 0.1) is 16.8 Å². The zero-order valence-corrected chi connectivity index (χ0v) is 14.2. The maximum absolute atomic E-state index is 12.4. The van der Waals surface area contributed by atoms with Gasteiger partial charge < -0.3 is 10.1 Å². The van der Waals surface area contributed by atoms with Crippen LogP contribution < -0.4 is 5.32 Å². The SMILES string of the molecule is Cc1nc2ccccc2c(C)c1C(=O)OCC(=O)NC(C)(C)C. The molecule has 0 saturated carbocycles. The molecule has 0 bridgehead atoms. The molecule has 0 spiro atoms. The summed E-state index contributed by atoms with van der Waals surface area (Å²) >= 11 is 0. The fraction of sp³-hybridized carbons (Fsp3) is 0.389. The van der Waals surface area contributed by atoms with E-state index in [1.54, 1.807) is 6.92 Å². The van der Waals surface area contributed by atoms with E-state index in [2.05, 4.69) is 10.3 Å². The summed E-state index contributed by atoms with van der Waals surface area (Å²) < 4.78 is 5.16. The Morgan fingerprint density at radius 2 is 1.83 bits per heavy atom. The van der Waals surface area contributed by atoms with Gasteiger partial charge in [0.15, 0.2) is 6.61 Å². The molecule has 0 unspecified atom stereocenters. The first kappa shape index (κ1) is 16.9. The van der Waals surface area contributed by atoms with Crippen LogP contribution in [0.2, 0.25) is 0 Å². The van der Waals surface area contributed by atoms with Crippen LogP contribution in [-0.2, 0) is 9.53 Å². The van der Waals surface area contributed by atoms with Crippen LogP contribution in [0.5, 0.6) is 0 Å². The standard InChI is InChI=1S/C18H22N2O3/c1-11-13-8-6-7-9-14(13)19-12(2)16(11)17(22)23-10-15(21)20-18(3,4)5/h6-9H,10H2,1-5H3,(H,20,21). The summed E-state index contributed by atoms with van der Waals surface area (Å²) in [4.78, 5) is 28.6. The van der Waals surface area contributed by atoms with Crippen LogP contribution in [0.1, 0.15) is 42.4 Å². The number of nitrogens with one attached hydrogen (secondary N) is 1. The van der Waals surface area contributed by atoms with Crippen molar-refractivity contribution in [3.63, 3.8) is 0 Å². The molecule has 0 aliphatic rings. The van der Waals surface area contributed by atoms with Gasteiger partial charge in [0, 0.05) is 10.9 Å². The lowest BCUT2D eigenvalue weighted by Crippen LogP contribution is -2.42. The second kappa shape index (κ2) is 6.36. The number of fused-ring (bicyclic) bond motifs is 1. The Hall–Kier alpha value is -2.43.